The summed E-state index contributed by atoms with van der Waals surface area (Å²) in [6.07, 6.45) is 11.6. The number of hydrogen-bond donors (Lipinski definition) is 1. The fourth-order valence-corrected chi connectivity index (χ4v) is 5.18. The molecule has 0 radical (unpaired) electrons. The van der Waals surface area contributed by atoms with E-state index in [0.717, 1.165) is 86.0 Å². The molecule has 3 aromatic rings. The second-order valence-corrected chi connectivity index (χ2v) is 9.67. The molecule has 0 atom stereocenters. The van der Waals surface area contributed by atoms with E-state index in [-0.39, 0.29) is 6.10 Å². The van der Waals surface area contributed by atoms with Crippen molar-refractivity contribution in [3.63, 3.8) is 0 Å². The summed E-state index contributed by atoms with van der Waals surface area (Å²) in [6, 6.07) is 8.87. The predicted octanol–water partition coefficient (Wildman–Crippen LogP) is 4.33. The monoisotopic (exact) mass is 460 g/mol. The van der Waals surface area contributed by atoms with Crippen LogP contribution in [0, 0.1) is 0 Å². The molecule has 6 rings (SSSR count). The predicted molar refractivity (Wildman–Crippen MR) is 131 cm³/mol. The van der Waals surface area contributed by atoms with Crippen molar-refractivity contribution in [2.75, 3.05) is 36.5 Å². The summed E-state index contributed by atoms with van der Waals surface area (Å²) in [5, 5.41) is 12.5. The molecule has 1 aliphatic heterocycles. The van der Waals surface area contributed by atoms with Crippen LogP contribution in [0.5, 0.6) is 5.75 Å². The molecule has 0 unspecified atom stereocenters. The highest BCUT2D eigenvalue weighted by atomic mass is 16.5. The molecule has 2 aliphatic carbocycles. The van der Waals surface area contributed by atoms with Crippen LogP contribution in [0.1, 0.15) is 56.6 Å². The molecule has 0 amide bonds. The smallest absolute Gasteiger partial charge is 0.149 e. The summed E-state index contributed by atoms with van der Waals surface area (Å²) in [5.41, 5.74) is 3.98. The van der Waals surface area contributed by atoms with Crippen LogP contribution >= 0.6 is 0 Å². The average Bonchev–Trinajstić information content (AvgIpc) is 2.86. The molecule has 0 bridgehead atoms. The molecule has 0 spiro atoms. The van der Waals surface area contributed by atoms with Gasteiger partial charge in [-0.3, -0.25) is 4.98 Å². The second kappa shape index (κ2) is 9.70. The Morgan fingerprint density at radius 3 is 2.47 bits per heavy atom. The zero-order valence-electron chi connectivity index (χ0n) is 19.5. The number of ether oxygens (including phenoxy) is 2. The minimum Gasteiger partial charge on any atom is -0.488 e. The Hall–Kier alpha value is -3.00. The Kier molecular flexibility index (Phi) is 6.14. The Morgan fingerprint density at radius 2 is 1.74 bits per heavy atom. The highest BCUT2D eigenvalue weighted by molar-refractivity contribution is 5.85. The minimum absolute atomic E-state index is 0.176. The summed E-state index contributed by atoms with van der Waals surface area (Å²) in [6.45, 7) is 3.26. The molecule has 8 heteroatoms. The summed E-state index contributed by atoms with van der Waals surface area (Å²) in [7, 11) is 0. The van der Waals surface area contributed by atoms with E-state index in [2.05, 4.69) is 54.6 Å². The lowest BCUT2D eigenvalue weighted by molar-refractivity contribution is 0.122. The van der Waals surface area contributed by atoms with E-state index in [1.807, 2.05) is 0 Å². The number of aromatic nitrogens is 4. The number of morpholine rings is 1. The molecular weight excluding hydrogens is 428 g/mol. The van der Waals surface area contributed by atoms with E-state index >= 15 is 0 Å². The first-order valence-corrected chi connectivity index (χ1v) is 12.7. The zero-order valence-corrected chi connectivity index (χ0v) is 19.5. The van der Waals surface area contributed by atoms with Gasteiger partial charge in [0.2, 0.25) is 0 Å². The number of anilines is 2. The van der Waals surface area contributed by atoms with Crippen LogP contribution in [0.2, 0.25) is 0 Å². The number of nitrogens with one attached hydrogen (secondary N) is 1. The van der Waals surface area contributed by atoms with Crippen LogP contribution in [0.15, 0.2) is 36.7 Å². The average molecular weight is 461 g/mol. The largest absolute Gasteiger partial charge is 0.488 e. The molecule has 1 N–H and O–H groups in total. The fourth-order valence-electron chi connectivity index (χ4n) is 5.18. The zero-order chi connectivity index (χ0) is 22.7. The Balaban J connectivity index is 1.09. The third kappa shape index (κ3) is 4.64. The quantitative estimate of drug-likeness (QED) is 0.582. The van der Waals surface area contributed by atoms with Gasteiger partial charge in [-0.2, -0.15) is 5.10 Å². The van der Waals surface area contributed by atoms with Crippen molar-refractivity contribution in [3.05, 3.63) is 42.4 Å². The van der Waals surface area contributed by atoms with E-state index in [9.17, 15) is 0 Å². The van der Waals surface area contributed by atoms with Gasteiger partial charge in [0.05, 0.1) is 30.5 Å². The first-order valence-electron chi connectivity index (χ1n) is 12.7. The van der Waals surface area contributed by atoms with E-state index < -0.39 is 0 Å². The minimum atomic E-state index is 0.176. The number of rotatable bonds is 6. The normalized spacial score (nSPS) is 23.5. The van der Waals surface area contributed by atoms with Gasteiger partial charge in [0.25, 0.3) is 0 Å². The lowest BCUT2D eigenvalue weighted by atomic mass is 9.83. The van der Waals surface area contributed by atoms with Gasteiger partial charge < -0.3 is 19.7 Å². The Bertz CT molecular complexity index is 1110. The van der Waals surface area contributed by atoms with Crippen LogP contribution in [0.25, 0.3) is 11.0 Å². The number of benzene rings is 1. The molecule has 2 aromatic heterocycles. The molecule has 1 aromatic carbocycles. The Labute approximate surface area is 200 Å². The van der Waals surface area contributed by atoms with E-state index in [1.54, 1.807) is 12.4 Å². The molecule has 34 heavy (non-hydrogen) atoms. The molecule has 3 heterocycles. The van der Waals surface area contributed by atoms with Crippen molar-refractivity contribution in [3.8, 4) is 5.75 Å². The molecule has 178 valence electrons. The van der Waals surface area contributed by atoms with Crippen molar-refractivity contribution in [2.24, 2.45) is 0 Å². The highest BCUT2D eigenvalue weighted by Gasteiger charge is 2.25. The molecule has 3 aliphatic rings. The van der Waals surface area contributed by atoms with Gasteiger partial charge in [0.1, 0.15) is 17.1 Å². The molecule has 1 saturated heterocycles. The van der Waals surface area contributed by atoms with Crippen LogP contribution in [0.3, 0.4) is 0 Å². The molecular formula is C26H32N6O2. The van der Waals surface area contributed by atoms with E-state index in [1.165, 1.54) is 19.3 Å². The number of fused-ring (bicyclic) bond motifs is 1. The lowest BCUT2D eigenvalue weighted by Gasteiger charge is -2.31. The Morgan fingerprint density at radius 1 is 0.912 bits per heavy atom. The van der Waals surface area contributed by atoms with Gasteiger partial charge in [-0.25, -0.2) is 4.98 Å². The van der Waals surface area contributed by atoms with Gasteiger partial charge >= 0.3 is 0 Å². The van der Waals surface area contributed by atoms with Crippen molar-refractivity contribution < 1.29 is 9.47 Å². The first kappa shape index (κ1) is 21.5. The molecule has 2 saturated carbocycles. The van der Waals surface area contributed by atoms with Crippen molar-refractivity contribution in [1.82, 2.24) is 20.2 Å². The standard InChI is InChI=1S/C26H32N6O2/c1-2-18(3-1)22-8-9-25(31-30-22)29-19-4-6-21(7-5-19)34-24-17-20(32-12-14-33-15-13-32)16-23-26(24)28-11-10-27-23/h8-11,16-19,21H,1-7,12-15H2,(H,29,31)/t19-,21+. The van der Waals surface area contributed by atoms with Crippen molar-refractivity contribution in [1.29, 1.82) is 0 Å². The van der Waals surface area contributed by atoms with Gasteiger partial charge in [-0.05, 0) is 56.7 Å². The fraction of sp³-hybridized carbons (Fsp3) is 0.538. The second-order valence-electron chi connectivity index (χ2n) is 9.67. The van der Waals surface area contributed by atoms with Gasteiger partial charge in [0, 0.05) is 49.2 Å². The third-order valence-corrected chi connectivity index (χ3v) is 7.43. The summed E-state index contributed by atoms with van der Waals surface area (Å²) in [5.74, 6) is 2.34. The van der Waals surface area contributed by atoms with Crippen LogP contribution < -0.4 is 15.0 Å². The van der Waals surface area contributed by atoms with Crippen molar-refractivity contribution >= 4 is 22.5 Å². The molecule has 3 fully saturated rings. The highest BCUT2D eigenvalue weighted by Crippen LogP contribution is 2.35. The van der Waals surface area contributed by atoms with Crippen LogP contribution in [-0.2, 0) is 4.74 Å². The van der Waals surface area contributed by atoms with Crippen molar-refractivity contribution in [2.45, 2.75) is 63.0 Å². The number of nitrogens with zero attached hydrogens (tertiary/aromatic N) is 5. The number of hydrogen-bond acceptors (Lipinski definition) is 8. The van der Waals surface area contributed by atoms with Gasteiger partial charge in [-0.15, -0.1) is 5.10 Å². The van der Waals surface area contributed by atoms with Gasteiger partial charge in [0.15, 0.2) is 0 Å². The SMILES string of the molecule is c1cnc2c(O[C@H]3CC[C@@H](Nc4ccc(C5CCC5)nn4)CC3)cc(N3CCOCC3)cc2n1. The maximum absolute atomic E-state index is 6.54. The summed E-state index contributed by atoms with van der Waals surface area (Å²) >= 11 is 0. The van der Waals surface area contributed by atoms with Gasteiger partial charge in [-0.1, -0.05) is 6.42 Å². The maximum Gasteiger partial charge on any atom is 0.149 e. The lowest BCUT2D eigenvalue weighted by Crippen LogP contribution is -2.36. The maximum atomic E-state index is 6.54. The summed E-state index contributed by atoms with van der Waals surface area (Å²) < 4.78 is 12.1. The third-order valence-electron chi connectivity index (χ3n) is 7.43. The van der Waals surface area contributed by atoms with E-state index in [4.69, 9.17) is 9.47 Å². The van der Waals surface area contributed by atoms with E-state index in [0.29, 0.717) is 12.0 Å². The topological polar surface area (TPSA) is 85.3 Å². The van der Waals surface area contributed by atoms with Crippen LogP contribution in [-0.4, -0.2) is 58.6 Å². The van der Waals surface area contributed by atoms with Crippen LogP contribution in [0.4, 0.5) is 11.5 Å². The molecule has 8 nitrogen and oxygen atoms in total. The summed E-state index contributed by atoms with van der Waals surface area (Å²) in [4.78, 5) is 11.5. The first-order chi connectivity index (χ1) is 16.8.